The molecule has 26 heavy (non-hydrogen) atoms. The zero-order valence-corrected chi connectivity index (χ0v) is 16.3. The Morgan fingerprint density at radius 1 is 1.42 bits per heavy atom. The lowest BCUT2D eigenvalue weighted by Gasteiger charge is -2.19. The van der Waals surface area contributed by atoms with Gasteiger partial charge in [-0.25, -0.2) is 12.8 Å². The minimum atomic E-state index is -3.72. The Balaban J connectivity index is 2.04. The summed E-state index contributed by atoms with van der Waals surface area (Å²) in [5.41, 5.74) is 0.185. The average Bonchev–Trinajstić information content (AvgIpc) is 3.00. The monoisotopic (exact) mass is 416 g/mol. The number of benzene rings is 1. The number of hydrogen-bond acceptors (Lipinski definition) is 7. The number of sulfonamides is 1. The molecule has 1 aromatic carbocycles. The predicted octanol–water partition coefficient (Wildman–Crippen LogP) is 2.36. The van der Waals surface area contributed by atoms with Crippen molar-refractivity contribution in [1.29, 1.82) is 0 Å². The SMILES string of the molecule is C=CCSc1nnc(NC(=O)CN(Cc2ccccc2F)S(C)(=O)=O)s1. The van der Waals surface area contributed by atoms with Gasteiger partial charge in [0, 0.05) is 17.9 Å². The molecule has 0 atom stereocenters. The molecule has 0 saturated heterocycles. The summed E-state index contributed by atoms with van der Waals surface area (Å²) >= 11 is 2.59. The number of rotatable bonds is 9. The Morgan fingerprint density at radius 2 is 2.15 bits per heavy atom. The Morgan fingerprint density at radius 3 is 2.81 bits per heavy atom. The number of nitrogens with one attached hydrogen (secondary N) is 1. The summed E-state index contributed by atoms with van der Waals surface area (Å²) in [6.07, 6.45) is 2.69. The van der Waals surface area contributed by atoms with E-state index in [1.165, 1.54) is 41.3 Å². The van der Waals surface area contributed by atoms with Gasteiger partial charge in [0.2, 0.25) is 21.1 Å². The Bertz CT molecular complexity index is 886. The molecule has 0 radical (unpaired) electrons. The van der Waals surface area contributed by atoms with Crippen LogP contribution < -0.4 is 5.32 Å². The van der Waals surface area contributed by atoms with E-state index in [0.29, 0.717) is 10.1 Å². The molecule has 7 nitrogen and oxygen atoms in total. The standard InChI is InChI=1S/C15H17FN4O3S3/c1-3-8-24-15-19-18-14(25-15)17-13(21)10-20(26(2,22)23)9-11-6-4-5-7-12(11)16/h3-7H,1,8-10H2,2H3,(H,17,18,21). The number of amides is 1. The molecular formula is C15H17FN4O3S3. The maximum Gasteiger partial charge on any atom is 0.241 e. The third kappa shape index (κ3) is 6.16. The van der Waals surface area contributed by atoms with E-state index < -0.39 is 28.3 Å². The van der Waals surface area contributed by atoms with Gasteiger partial charge in [-0.05, 0) is 6.07 Å². The van der Waals surface area contributed by atoms with Crippen LogP contribution in [0.1, 0.15) is 5.56 Å². The molecule has 2 rings (SSSR count). The molecule has 11 heteroatoms. The first-order chi connectivity index (χ1) is 12.3. The van der Waals surface area contributed by atoms with Crippen molar-refractivity contribution in [2.24, 2.45) is 0 Å². The second-order valence-electron chi connectivity index (χ2n) is 5.14. The highest BCUT2D eigenvalue weighted by Crippen LogP contribution is 2.25. The molecule has 140 valence electrons. The fourth-order valence-electron chi connectivity index (χ4n) is 1.87. The molecule has 2 aromatic rings. The zero-order valence-electron chi connectivity index (χ0n) is 13.9. The smallest absolute Gasteiger partial charge is 0.241 e. The van der Waals surface area contributed by atoms with Crippen LogP contribution in [0.3, 0.4) is 0 Å². The molecule has 1 aromatic heterocycles. The second-order valence-corrected chi connectivity index (χ2v) is 9.37. The van der Waals surface area contributed by atoms with E-state index in [4.69, 9.17) is 0 Å². The summed E-state index contributed by atoms with van der Waals surface area (Å²) in [5, 5.41) is 10.5. The molecule has 0 fully saturated rings. The summed E-state index contributed by atoms with van der Waals surface area (Å²) in [7, 11) is -3.72. The van der Waals surface area contributed by atoms with Crippen LogP contribution in [0, 0.1) is 5.82 Å². The molecule has 0 unspecified atom stereocenters. The van der Waals surface area contributed by atoms with Gasteiger partial charge >= 0.3 is 0 Å². The first-order valence-corrected chi connectivity index (χ1v) is 11.0. The second kappa shape index (κ2) is 9.21. The number of nitrogens with zero attached hydrogens (tertiary/aromatic N) is 3. The lowest BCUT2D eigenvalue weighted by Crippen LogP contribution is -2.37. The molecular weight excluding hydrogens is 399 g/mol. The molecule has 1 amide bonds. The largest absolute Gasteiger partial charge is 0.299 e. The molecule has 0 aliphatic rings. The van der Waals surface area contributed by atoms with Crippen LogP contribution in [0.4, 0.5) is 9.52 Å². The Labute approximate surface area is 159 Å². The molecule has 0 saturated carbocycles. The van der Waals surface area contributed by atoms with E-state index in [9.17, 15) is 17.6 Å². The number of thioether (sulfide) groups is 1. The van der Waals surface area contributed by atoms with Gasteiger partial charge in [-0.1, -0.05) is 47.4 Å². The first-order valence-electron chi connectivity index (χ1n) is 7.35. The van der Waals surface area contributed by atoms with Crippen molar-refractivity contribution in [2.45, 2.75) is 10.9 Å². The minimum absolute atomic E-state index is 0.185. The molecule has 0 aliphatic carbocycles. The van der Waals surface area contributed by atoms with Crippen molar-refractivity contribution in [3.05, 3.63) is 48.3 Å². The van der Waals surface area contributed by atoms with Gasteiger partial charge in [0.05, 0.1) is 12.8 Å². The van der Waals surface area contributed by atoms with E-state index in [1.807, 2.05) is 0 Å². The summed E-state index contributed by atoms with van der Waals surface area (Å²) in [6, 6.07) is 5.81. The first kappa shape index (κ1) is 20.5. The molecule has 1 N–H and O–H groups in total. The van der Waals surface area contributed by atoms with Crippen molar-refractivity contribution in [3.63, 3.8) is 0 Å². The molecule has 0 spiro atoms. The average molecular weight is 417 g/mol. The number of anilines is 1. The van der Waals surface area contributed by atoms with E-state index in [1.54, 1.807) is 12.1 Å². The highest BCUT2D eigenvalue weighted by molar-refractivity contribution is 8.01. The van der Waals surface area contributed by atoms with Crippen LogP contribution in [-0.4, -0.2) is 47.4 Å². The summed E-state index contributed by atoms with van der Waals surface area (Å²) in [6.45, 7) is 2.91. The van der Waals surface area contributed by atoms with Gasteiger partial charge in [-0.2, -0.15) is 4.31 Å². The van der Waals surface area contributed by atoms with Gasteiger partial charge in [0.15, 0.2) is 4.34 Å². The van der Waals surface area contributed by atoms with Crippen molar-refractivity contribution in [1.82, 2.24) is 14.5 Å². The van der Waals surface area contributed by atoms with Crippen molar-refractivity contribution in [2.75, 3.05) is 23.9 Å². The third-order valence-electron chi connectivity index (χ3n) is 3.07. The topological polar surface area (TPSA) is 92.3 Å². The molecule has 0 bridgehead atoms. The maximum absolute atomic E-state index is 13.8. The molecule has 0 aliphatic heterocycles. The number of hydrogen-bond donors (Lipinski definition) is 1. The fraction of sp³-hybridized carbons (Fsp3) is 0.267. The van der Waals surface area contributed by atoms with E-state index in [-0.39, 0.29) is 17.2 Å². The fourth-order valence-corrected chi connectivity index (χ4v) is 4.13. The maximum atomic E-state index is 13.8. The highest BCUT2D eigenvalue weighted by atomic mass is 32.2. The summed E-state index contributed by atoms with van der Waals surface area (Å²) < 4.78 is 39.2. The van der Waals surface area contributed by atoms with Gasteiger partial charge in [0.1, 0.15) is 5.82 Å². The molecule has 1 heterocycles. The van der Waals surface area contributed by atoms with Crippen molar-refractivity contribution in [3.8, 4) is 0 Å². The van der Waals surface area contributed by atoms with E-state index in [2.05, 4.69) is 22.1 Å². The Kier molecular flexibility index (Phi) is 7.26. The number of aromatic nitrogens is 2. The van der Waals surface area contributed by atoms with Crippen LogP contribution in [0.2, 0.25) is 0 Å². The Hall–Kier alpha value is -1.82. The number of carbonyl (C=O) groups is 1. The number of carbonyl (C=O) groups excluding carboxylic acids is 1. The predicted molar refractivity (Wildman–Crippen MR) is 101 cm³/mol. The van der Waals surface area contributed by atoms with Gasteiger partial charge < -0.3 is 0 Å². The van der Waals surface area contributed by atoms with E-state index in [0.717, 1.165) is 10.6 Å². The lowest BCUT2D eigenvalue weighted by atomic mass is 10.2. The third-order valence-corrected chi connectivity index (χ3v) is 6.24. The van der Waals surface area contributed by atoms with Crippen molar-refractivity contribution < 1.29 is 17.6 Å². The van der Waals surface area contributed by atoms with E-state index >= 15 is 0 Å². The summed E-state index contributed by atoms with van der Waals surface area (Å²) in [5.74, 6) is -0.453. The quantitative estimate of drug-likeness (QED) is 0.383. The van der Waals surface area contributed by atoms with Gasteiger partial charge in [0.25, 0.3) is 0 Å². The minimum Gasteiger partial charge on any atom is -0.299 e. The van der Waals surface area contributed by atoms with Gasteiger partial charge in [-0.15, -0.1) is 16.8 Å². The number of halogens is 1. The highest BCUT2D eigenvalue weighted by Gasteiger charge is 2.22. The van der Waals surface area contributed by atoms with Crippen LogP contribution in [-0.2, 0) is 21.4 Å². The van der Waals surface area contributed by atoms with Crippen LogP contribution in [0.15, 0.2) is 41.3 Å². The van der Waals surface area contributed by atoms with Crippen molar-refractivity contribution >= 4 is 44.2 Å². The van der Waals surface area contributed by atoms with Crippen LogP contribution >= 0.6 is 23.1 Å². The lowest BCUT2D eigenvalue weighted by molar-refractivity contribution is -0.116. The normalized spacial score (nSPS) is 11.5. The summed E-state index contributed by atoms with van der Waals surface area (Å²) in [4.78, 5) is 12.2. The van der Waals surface area contributed by atoms with Crippen LogP contribution in [0.25, 0.3) is 0 Å². The zero-order chi connectivity index (χ0) is 19.2. The van der Waals surface area contributed by atoms with Gasteiger partial charge in [-0.3, -0.25) is 10.1 Å². The van der Waals surface area contributed by atoms with Crippen LogP contribution in [0.5, 0.6) is 0 Å².